The Morgan fingerprint density at radius 2 is 1.68 bits per heavy atom. The Hall–Kier alpha value is -4.46. The monoisotopic (exact) mass is 456 g/mol. The Kier molecular flexibility index (Phi) is 6.98. The second-order valence-corrected chi connectivity index (χ2v) is 7.69. The van der Waals surface area contributed by atoms with Crippen LogP contribution in [-0.4, -0.2) is 34.6 Å². The van der Waals surface area contributed by atoms with E-state index in [9.17, 15) is 14.7 Å². The number of aromatic hydroxyl groups is 1. The first-order chi connectivity index (χ1) is 16.5. The van der Waals surface area contributed by atoms with Crippen LogP contribution < -0.4 is 10.1 Å². The Labute approximate surface area is 196 Å². The standard InChI is InChI=1S/C26H24N4O4/c1-18-9-5-8-14-22(18)34-17-24(32)27-15-23(31)28-29-25-20-12-6-7-13-21(20)30(26(25)33)16-19-10-3-2-4-11-19/h2-14,33H,15-17H2,1H3,(H,27,32). The maximum Gasteiger partial charge on any atom is 0.283 e. The number of fused-ring (bicyclic) bond motifs is 1. The average molecular weight is 457 g/mol. The number of aromatic nitrogens is 1. The molecule has 1 aromatic heterocycles. The predicted molar refractivity (Wildman–Crippen MR) is 128 cm³/mol. The van der Waals surface area contributed by atoms with E-state index in [1.54, 1.807) is 16.7 Å². The highest BCUT2D eigenvalue weighted by Gasteiger charge is 2.17. The number of amides is 2. The normalized spacial score (nSPS) is 11.1. The molecule has 4 rings (SSSR count). The third-order valence-electron chi connectivity index (χ3n) is 5.25. The maximum absolute atomic E-state index is 12.2. The smallest absolute Gasteiger partial charge is 0.283 e. The van der Waals surface area contributed by atoms with Crippen LogP contribution in [0.4, 0.5) is 5.69 Å². The van der Waals surface area contributed by atoms with Gasteiger partial charge in [0.2, 0.25) is 5.88 Å². The molecule has 0 bridgehead atoms. The van der Waals surface area contributed by atoms with Gasteiger partial charge in [0.15, 0.2) is 12.3 Å². The van der Waals surface area contributed by atoms with Crippen LogP contribution in [0, 0.1) is 6.92 Å². The zero-order valence-corrected chi connectivity index (χ0v) is 18.6. The zero-order chi connectivity index (χ0) is 23.9. The van der Waals surface area contributed by atoms with Crippen LogP contribution in [0.15, 0.2) is 89.1 Å². The molecule has 0 unspecified atom stereocenters. The van der Waals surface area contributed by atoms with E-state index < -0.39 is 11.8 Å². The van der Waals surface area contributed by atoms with Gasteiger partial charge in [-0.3, -0.25) is 9.59 Å². The second kappa shape index (κ2) is 10.4. The first-order valence-corrected chi connectivity index (χ1v) is 10.8. The molecule has 0 atom stereocenters. The van der Waals surface area contributed by atoms with Crippen molar-refractivity contribution in [1.29, 1.82) is 0 Å². The molecule has 2 amide bonds. The Morgan fingerprint density at radius 3 is 2.47 bits per heavy atom. The van der Waals surface area contributed by atoms with Gasteiger partial charge in [-0.2, -0.15) is 0 Å². The number of ether oxygens (including phenoxy) is 1. The van der Waals surface area contributed by atoms with E-state index in [1.165, 1.54) is 0 Å². The number of hydrogen-bond acceptors (Lipinski definition) is 5. The van der Waals surface area contributed by atoms with Gasteiger partial charge in [-0.1, -0.05) is 66.7 Å². The molecule has 0 saturated carbocycles. The summed E-state index contributed by atoms with van der Waals surface area (Å²) in [5.74, 6) is -0.582. The van der Waals surface area contributed by atoms with Crippen LogP contribution in [0.3, 0.4) is 0 Å². The number of benzene rings is 3. The minimum absolute atomic E-state index is 0.0859. The van der Waals surface area contributed by atoms with Crippen LogP contribution in [0.25, 0.3) is 10.9 Å². The molecule has 0 fully saturated rings. The molecule has 8 heteroatoms. The van der Waals surface area contributed by atoms with E-state index in [-0.39, 0.29) is 24.7 Å². The van der Waals surface area contributed by atoms with E-state index in [1.807, 2.05) is 73.7 Å². The lowest BCUT2D eigenvalue weighted by atomic mass is 10.2. The Bertz CT molecular complexity index is 1350. The van der Waals surface area contributed by atoms with Crippen LogP contribution in [0.2, 0.25) is 0 Å². The van der Waals surface area contributed by atoms with Crippen LogP contribution in [-0.2, 0) is 16.1 Å². The van der Waals surface area contributed by atoms with Gasteiger partial charge in [0, 0.05) is 5.39 Å². The SMILES string of the molecule is Cc1ccccc1OCC(=O)NCC(=O)N=Nc1c(O)n(Cc2ccccc2)c2ccccc12. The minimum Gasteiger partial charge on any atom is -0.493 e. The number of azo groups is 1. The molecule has 8 nitrogen and oxygen atoms in total. The number of para-hydroxylation sites is 2. The van der Waals surface area contributed by atoms with Crippen molar-refractivity contribution in [3.05, 3.63) is 90.0 Å². The van der Waals surface area contributed by atoms with E-state index in [2.05, 4.69) is 15.5 Å². The summed E-state index contributed by atoms with van der Waals surface area (Å²) in [5, 5.41) is 21.6. The number of carbonyl (C=O) groups excluding carboxylic acids is 2. The fourth-order valence-electron chi connectivity index (χ4n) is 3.52. The highest BCUT2D eigenvalue weighted by molar-refractivity contribution is 5.95. The molecule has 0 spiro atoms. The first kappa shape index (κ1) is 22.7. The molecule has 172 valence electrons. The molecule has 0 saturated heterocycles. The number of nitrogens with zero attached hydrogens (tertiary/aromatic N) is 3. The summed E-state index contributed by atoms with van der Waals surface area (Å²) in [7, 11) is 0. The van der Waals surface area contributed by atoms with Crippen molar-refractivity contribution in [2.24, 2.45) is 10.2 Å². The lowest BCUT2D eigenvalue weighted by molar-refractivity contribution is -0.126. The summed E-state index contributed by atoms with van der Waals surface area (Å²) in [5.41, 5.74) is 2.89. The third-order valence-corrected chi connectivity index (χ3v) is 5.25. The average Bonchev–Trinajstić information content (AvgIpc) is 3.12. The van der Waals surface area contributed by atoms with E-state index in [4.69, 9.17) is 4.74 Å². The highest BCUT2D eigenvalue weighted by Crippen LogP contribution is 2.39. The summed E-state index contributed by atoms with van der Waals surface area (Å²) in [6.45, 7) is 1.77. The topological polar surface area (TPSA) is 105 Å². The summed E-state index contributed by atoms with van der Waals surface area (Å²) in [6, 6.07) is 24.4. The molecular weight excluding hydrogens is 432 g/mol. The molecule has 0 aliphatic heterocycles. The lowest BCUT2D eigenvalue weighted by Gasteiger charge is -2.08. The fraction of sp³-hybridized carbons (Fsp3) is 0.154. The summed E-state index contributed by atoms with van der Waals surface area (Å²) in [6.07, 6.45) is 0. The number of aryl methyl sites for hydroxylation is 1. The molecular formula is C26H24N4O4. The van der Waals surface area contributed by atoms with Gasteiger partial charge in [0.1, 0.15) is 12.3 Å². The third kappa shape index (κ3) is 5.29. The summed E-state index contributed by atoms with van der Waals surface area (Å²) < 4.78 is 7.18. The van der Waals surface area contributed by atoms with Gasteiger partial charge in [0.05, 0.1) is 12.1 Å². The van der Waals surface area contributed by atoms with E-state index in [0.29, 0.717) is 17.7 Å². The van der Waals surface area contributed by atoms with E-state index >= 15 is 0 Å². The van der Waals surface area contributed by atoms with Gasteiger partial charge >= 0.3 is 0 Å². The van der Waals surface area contributed by atoms with Crippen molar-refractivity contribution in [3.8, 4) is 11.6 Å². The number of rotatable bonds is 8. The van der Waals surface area contributed by atoms with Crippen molar-refractivity contribution in [2.75, 3.05) is 13.2 Å². The van der Waals surface area contributed by atoms with Crippen LogP contribution in [0.1, 0.15) is 11.1 Å². The van der Waals surface area contributed by atoms with Gasteiger partial charge < -0.3 is 19.7 Å². The molecule has 34 heavy (non-hydrogen) atoms. The molecule has 0 radical (unpaired) electrons. The number of carbonyl (C=O) groups is 2. The quantitative estimate of drug-likeness (QED) is 0.381. The second-order valence-electron chi connectivity index (χ2n) is 7.69. The maximum atomic E-state index is 12.2. The molecule has 0 aliphatic carbocycles. The van der Waals surface area contributed by atoms with Crippen LogP contribution >= 0.6 is 0 Å². The number of nitrogens with one attached hydrogen (secondary N) is 1. The predicted octanol–water partition coefficient (Wildman–Crippen LogP) is 4.51. The van der Waals surface area contributed by atoms with Crippen molar-refractivity contribution in [2.45, 2.75) is 13.5 Å². The first-order valence-electron chi connectivity index (χ1n) is 10.8. The Morgan fingerprint density at radius 1 is 0.971 bits per heavy atom. The largest absolute Gasteiger partial charge is 0.493 e. The molecule has 1 heterocycles. The van der Waals surface area contributed by atoms with E-state index in [0.717, 1.165) is 16.6 Å². The molecule has 3 aromatic carbocycles. The minimum atomic E-state index is -0.650. The molecule has 4 aromatic rings. The Balaban J connectivity index is 1.41. The van der Waals surface area contributed by atoms with Gasteiger partial charge in [-0.15, -0.1) is 10.2 Å². The fourth-order valence-corrected chi connectivity index (χ4v) is 3.52. The highest BCUT2D eigenvalue weighted by atomic mass is 16.5. The van der Waals surface area contributed by atoms with Crippen molar-refractivity contribution >= 4 is 28.4 Å². The van der Waals surface area contributed by atoms with Gasteiger partial charge in [0.25, 0.3) is 11.8 Å². The molecule has 2 N–H and O–H groups in total. The molecule has 0 aliphatic rings. The summed E-state index contributed by atoms with van der Waals surface area (Å²) in [4.78, 5) is 24.2. The van der Waals surface area contributed by atoms with Crippen molar-refractivity contribution < 1.29 is 19.4 Å². The van der Waals surface area contributed by atoms with Gasteiger partial charge in [-0.25, -0.2) is 0 Å². The zero-order valence-electron chi connectivity index (χ0n) is 18.6. The lowest BCUT2D eigenvalue weighted by Crippen LogP contribution is -2.32. The van der Waals surface area contributed by atoms with Crippen molar-refractivity contribution in [1.82, 2.24) is 9.88 Å². The van der Waals surface area contributed by atoms with Crippen molar-refractivity contribution in [3.63, 3.8) is 0 Å². The van der Waals surface area contributed by atoms with Crippen LogP contribution in [0.5, 0.6) is 11.6 Å². The number of hydrogen-bond donors (Lipinski definition) is 2. The summed E-state index contributed by atoms with van der Waals surface area (Å²) >= 11 is 0. The van der Waals surface area contributed by atoms with Gasteiger partial charge in [-0.05, 0) is 30.2 Å².